The first-order valence-corrected chi connectivity index (χ1v) is 9.18. The molecule has 2 N–H and O–H groups in total. The normalized spacial score (nSPS) is 12.0. The number of aliphatic hydroxyl groups is 1. The van der Waals surface area contributed by atoms with E-state index in [0.717, 1.165) is 11.1 Å². The van der Waals surface area contributed by atoms with Gasteiger partial charge >= 0.3 is 0 Å². The smallest absolute Gasteiger partial charge is 0.129 e. The highest BCUT2D eigenvalue weighted by Crippen LogP contribution is 2.32. The Labute approximate surface area is 170 Å². The van der Waals surface area contributed by atoms with Crippen LogP contribution >= 0.6 is 0 Å². The molecule has 5 heteroatoms. The summed E-state index contributed by atoms with van der Waals surface area (Å²) in [6.45, 7) is 0.378. The second-order valence-corrected chi connectivity index (χ2v) is 6.41. The lowest BCUT2D eigenvalue weighted by molar-refractivity contribution is 0.217. The quantitative estimate of drug-likeness (QED) is 0.580. The second kappa shape index (κ2) is 9.66. The molecule has 0 heterocycles. The zero-order valence-electron chi connectivity index (χ0n) is 16.4. The third kappa shape index (κ3) is 5.30. The lowest BCUT2D eigenvalue weighted by Gasteiger charge is -2.15. The monoisotopic (exact) mass is 392 g/mol. The third-order valence-corrected chi connectivity index (χ3v) is 4.45. The van der Waals surface area contributed by atoms with Gasteiger partial charge in [-0.05, 0) is 29.8 Å². The van der Waals surface area contributed by atoms with Gasteiger partial charge in [-0.2, -0.15) is 0 Å². The molecule has 1 atom stereocenters. The average molecular weight is 392 g/mol. The fourth-order valence-electron chi connectivity index (χ4n) is 2.88. The number of aromatic hydroxyl groups is 1. The van der Waals surface area contributed by atoms with Crippen molar-refractivity contribution in [1.29, 1.82) is 0 Å². The molecule has 3 rings (SSSR count). The van der Waals surface area contributed by atoms with Crippen molar-refractivity contribution in [3.05, 3.63) is 89.5 Å². The SMILES string of the molecule is COc1ccc(C(O)C=Cc2ccc(O)cc2OC)c(OCc2ccccc2)c1. The van der Waals surface area contributed by atoms with Gasteiger partial charge in [-0.1, -0.05) is 42.5 Å². The van der Waals surface area contributed by atoms with Crippen LogP contribution in [0.3, 0.4) is 0 Å². The summed E-state index contributed by atoms with van der Waals surface area (Å²) in [6.07, 6.45) is 2.49. The van der Waals surface area contributed by atoms with Gasteiger partial charge in [-0.3, -0.25) is 0 Å². The van der Waals surface area contributed by atoms with Gasteiger partial charge in [0.2, 0.25) is 0 Å². The van der Waals surface area contributed by atoms with Gasteiger partial charge in [0.25, 0.3) is 0 Å². The molecule has 0 bridgehead atoms. The minimum atomic E-state index is -0.898. The molecule has 150 valence electrons. The molecule has 0 amide bonds. The zero-order valence-corrected chi connectivity index (χ0v) is 16.4. The van der Waals surface area contributed by atoms with Gasteiger partial charge in [0.1, 0.15) is 35.7 Å². The van der Waals surface area contributed by atoms with E-state index in [2.05, 4.69) is 0 Å². The van der Waals surface area contributed by atoms with Crippen molar-refractivity contribution in [2.75, 3.05) is 14.2 Å². The molecule has 0 saturated carbocycles. The molecule has 0 fully saturated rings. The van der Waals surface area contributed by atoms with E-state index in [1.165, 1.54) is 13.2 Å². The summed E-state index contributed by atoms with van der Waals surface area (Å²) in [5.74, 6) is 1.83. The first-order valence-electron chi connectivity index (χ1n) is 9.18. The molecule has 29 heavy (non-hydrogen) atoms. The maximum absolute atomic E-state index is 10.7. The number of hydrogen-bond acceptors (Lipinski definition) is 5. The van der Waals surface area contributed by atoms with Crippen molar-refractivity contribution in [2.45, 2.75) is 12.7 Å². The number of aliphatic hydroxyl groups excluding tert-OH is 1. The van der Waals surface area contributed by atoms with Crippen LogP contribution in [0.15, 0.2) is 72.8 Å². The van der Waals surface area contributed by atoms with Crippen molar-refractivity contribution < 1.29 is 24.4 Å². The number of hydrogen-bond donors (Lipinski definition) is 2. The molecule has 3 aromatic rings. The molecule has 0 aliphatic heterocycles. The van der Waals surface area contributed by atoms with E-state index in [9.17, 15) is 10.2 Å². The van der Waals surface area contributed by atoms with Crippen LogP contribution in [0.2, 0.25) is 0 Å². The highest BCUT2D eigenvalue weighted by molar-refractivity contribution is 5.60. The van der Waals surface area contributed by atoms with Gasteiger partial charge < -0.3 is 24.4 Å². The molecule has 5 nitrogen and oxygen atoms in total. The highest BCUT2D eigenvalue weighted by atomic mass is 16.5. The predicted molar refractivity (Wildman–Crippen MR) is 112 cm³/mol. The van der Waals surface area contributed by atoms with E-state index in [1.807, 2.05) is 30.3 Å². The van der Waals surface area contributed by atoms with Crippen molar-refractivity contribution in [1.82, 2.24) is 0 Å². The molecule has 0 aliphatic rings. The number of phenolic OH excluding ortho intramolecular Hbond substituents is 1. The fourth-order valence-corrected chi connectivity index (χ4v) is 2.88. The van der Waals surface area contributed by atoms with E-state index in [0.29, 0.717) is 29.4 Å². The summed E-state index contributed by atoms with van der Waals surface area (Å²) in [6, 6.07) is 19.9. The standard InChI is InChI=1S/C24H24O5/c1-27-20-11-12-21(24(15-20)29-16-17-6-4-3-5-7-17)22(26)13-9-18-8-10-19(25)14-23(18)28-2/h3-15,22,25-26H,16H2,1-2H3. The Morgan fingerprint density at radius 3 is 2.41 bits per heavy atom. The van der Waals surface area contributed by atoms with Gasteiger partial charge in [0.05, 0.1) is 14.2 Å². The van der Waals surface area contributed by atoms with Crippen LogP contribution < -0.4 is 14.2 Å². The lowest BCUT2D eigenvalue weighted by atomic mass is 10.1. The van der Waals surface area contributed by atoms with Crippen LogP contribution in [0.4, 0.5) is 0 Å². The first-order chi connectivity index (χ1) is 14.1. The molecule has 3 aromatic carbocycles. The average Bonchev–Trinajstić information content (AvgIpc) is 2.77. The van der Waals surface area contributed by atoms with Gasteiger partial charge in [0, 0.05) is 23.3 Å². The van der Waals surface area contributed by atoms with Crippen LogP contribution in [-0.2, 0) is 6.61 Å². The van der Waals surface area contributed by atoms with Crippen LogP contribution in [0, 0.1) is 0 Å². The van der Waals surface area contributed by atoms with Gasteiger partial charge in [0.15, 0.2) is 0 Å². The van der Waals surface area contributed by atoms with E-state index < -0.39 is 6.10 Å². The molecule has 0 aliphatic carbocycles. The second-order valence-electron chi connectivity index (χ2n) is 6.41. The highest BCUT2D eigenvalue weighted by Gasteiger charge is 2.13. The van der Waals surface area contributed by atoms with Crippen LogP contribution in [0.5, 0.6) is 23.0 Å². The number of methoxy groups -OCH3 is 2. The van der Waals surface area contributed by atoms with Crippen LogP contribution in [0.1, 0.15) is 22.8 Å². The summed E-state index contributed by atoms with van der Waals surface area (Å²) in [5, 5.41) is 20.3. The summed E-state index contributed by atoms with van der Waals surface area (Å²) >= 11 is 0. The summed E-state index contributed by atoms with van der Waals surface area (Å²) < 4.78 is 16.5. The summed E-state index contributed by atoms with van der Waals surface area (Å²) in [5.41, 5.74) is 2.39. The number of benzene rings is 3. The Balaban J connectivity index is 1.83. The number of rotatable bonds is 8. The molecule has 0 spiro atoms. The van der Waals surface area contributed by atoms with E-state index in [4.69, 9.17) is 14.2 Å². The Morgan fingerprint density at radius 2 is 1.69 bits per heavy atom. The van der Waals surface area contributed by atoms with Crippen molar-refractivity contribution in [2.24, 2.45) is 0 Å². The Morgan fingerprint density at radius 1 is 0.897 bits per heavy atom. The minimum Gasteiger partial charge on any atom is -0.508 e. The molecular weight excluding hydrogens is 368 g/mol. The maximum atomic E-state index is 10.7. The van der Waals surface area contributed by atoms with Crippen molar-refractivity contribution in [3.8, 4) is 23.0 Å². The predicted octanol–water partition coefficient (Wildman–Crippen LogP) is 4.74. The van der Waals surface area contributed by atoms with Crippen molar-refractivity contribution >= 4 is 6.08 Å². The maximum Gasteiger partial charge on any atom is 0.129 e. The van der Waals surface area contributed by atoms with E-state index >= 15 is 0 Å². The molecule has 0 radical (unpaired) electrons. The van der Waals surface area contributed by atoms with E-state index in [1.54, 1.807) is 49.6 Å². The van der Waals surface area contributed by atoms with Gasteiger partial charge in [-0.25, -0.2) is 0 Å². The topological polar surface area (TPSA) is 68.2 Å². The van der Waals surface area contributed by atoms with E-state index in [-0.39, 0.29) is 5.75 Å². The zero-order chi connectivity index (χ0) is 20.6. The summed E-state index contributed by atoms with van der Waals surface area (Å²) in [7, 11) is 3.12. The number of phenols is 1. The Hall–Kier alpha value is -3.44. The molecule has 0 aromatic heterocycles. The van der Waals surface area contributed by atoms with Crippen LogP contribution in [-0.4, -0.2) is 24.4 Å². The lowest BCUT2D eigenvalue weighted by Crippen LogP contribution is -2.02. The minimum absolute atomic E-state index is 0.117. The van der Waals surface area contributed by atoms with Gasteiger partial charge in [-0.15, -0.1) is 0 Å². The Bertz CT molecular complexity index is 966. The van der Waals surface area contributed by atoms with Crippen LogP contribution in [0.25, 0.3) is 6.08 Å². The fraction of sp³-hybridized carbons (Fsp3) is 0.167. The molecular formula is C24H24O5. The summed E-state index contributed by atoms with van der Waals surface area (Å²) in [4.78, 5) is 0. The third-order valence-electron chi connectivity index (χ3n) is 4.45. The molecule has 1 unspecified atom stereocenters. The Kier molecular flexibility index (Phi) is 6.76. The largest absolute Gasteiger partial charge is 0.508 e. The number of ether oxygens (including phenoxy) is 3. The van der Waals surface area contributed by atoms with Crippen molar-refractivity contribution in [3.63, 3.8) is 0 Å². The molecule has 0 saturated heterocycles. The first kappa shape index (κ1) is 20.3.